The Hall–Kier alpha value is -1.43. The maximum absolute atomic E-state index is 11.8. The maximum atomic E-state index is 11.8. The highest BCUT2D eigenvalue weighted by Crippen LogP contribution is 2.34. The smallest absolute Gasteiger partial charge is 0.300 e. The molecule has 2 N–H and O–H groups in total. The van der Waals surface area contributed by atoms with E-state index in [-0.39, 0.29) is 0 Å². The first-order chi connectivity index (χ1) is 9.65. The summed E-state index contributed by atoms with van der Waals surface area (Å²) in [7, 11) is 0. The van der Waals surface area contributed by atoms with Crippen LogP contribution >= 0.6 is 0 Å². The molecule has 3 heterocycles. The zero-order valence-corrected chi connectivity index (χ0v) is 11.6. The molecule has 6 heteroatoms. The second kappa shape index (κ2) is 5.52. The van der Waals surface area contributed by atoms with Gasteiger partial charge in [0.15, 0.2) is 0 Å². The summed E-state index contributed by atoms with van der Waals surface area (Å²) >= 11 is 0. The van der Waals surface area contributed by atoms with Gasteiger partial charge in [0, 0.05) is 6.04 Å². The fourth-order valence-corrected chi connectivity index (χ4v) is 3.92. The highest BCUT2D eigenvalue weighted by molar-refractivity contribution is 6.16. The first-order valence-electron chi connectivity index (χ1n) is 7.55. The molecule has 0 aromatic carbocycles. The van der Waals surface area contributed by atoms with Crippen molar-refractivity contribution in [2.45, 2.75) is 44.6 Å². The predicted molar refractivity (Wildman–Crippen MR) is 71.7 cm³/mol. The van der Waals surface area contributed by atoms with E-state index in [0.717, 1.165) is 25.9 Å². The number of piperidine rings is 2. The standard InChI is InChI=1S/C14H21N3O3/c18-12-10(13(19)16-14(20)15-12)8-9-4-3-7-17-6-2-1-5-11(9)17/h9-11H,1-8H2,(H2,15,16,18,19,20). The highest BCUT2D eigenvalue weighted by atomic mass is 16.2. The van der Waals surface area contributed by atoms with Crippen molar-refractivity contribution >= 4 is 17.8 Å². The van der Waals surface area contributed by atoms with E-state index in [1.807, 2.05) is 0 Å². The molecule has 4 amide bonds. The number of hydrogen-bond donors (Lipinski definition) is 2. The summed E-state index contributed by atoms with van der Waals surface area (Å²) in [5, 5.41) is 4.40. The molecule has 2 unspecified atom stereocenters. The van der Waals surface area contributed by atoms with Gasteiger partial charge in [0.1, 0.15) is 5.92 Å². The van der Waals surface area contributed by atoms with Gasteiger partial charge in [0.05, 0.1) is 0 Å². The van der Waals surface area contributed by atoms with Gasteiger partial charge in [-0.25, -0.2) is 4.79 Å². The van der Waals surface area contributed by atoms with Crippen LogP contribution in [0.15, 0.2) is 0 Å². The molecule has 0 saturated carbocycles. The topological polar surface area (TPSA) is 78.5 Å². The van der Waals surface area contributed by atoms with Gasteiger partial charge >= 0.3 is 6.03 Å². The van der Waals surface area contributed by atoms with Crippen LogP contribution in [0.3, 0.4) is 0 Å². The minimum atomic E-state index is -0.709. The fraction of sp³-hybridized carbons (Fsp3) is 0.786. The molecule has 0 aromatic heterocycles. The van der Waals surface area contributed by atoms with Gasteiger partial charge < -0.3 is 4.90 Å². The number of urea groups is 1. The van der Waals surface area contributed by atoms with Crippen molar-refractivity contribution in [3.05, 3.63) is 0 Å². The molecule has 6 nitrogen and oxygen atoms in total. The van der Waals surface area contributed by atoms with Crippen molar-refractivity contribution < 1.29 is 14.4 Å². The molecule has 3 fully saturated rings. The molecule has 0 aromatic rings. The van der Waals surface area contributed by atoms with E-state index >= 15 is 0 Å². The maximum Gasteiger partial charge on any atom is 0.328 e. The number of nitrogens with one attached hydrogen (secondary N) is 2. The Kier molecular flexibility index (Phi) is 3.74. The first kappa shape index (κ1) is 13.5. The molecule has 3 saturated heterocycles. The molecule has 2 atom stereocenters. The zero-order valence-electron chi connectivity index (χ0n) is 11.6. The molecule has 0 spiro atoms. The van der Waals surface area contributed by atoms with Crippen LogP contribution < -0.4 is 10.6 Å². The summed E-state index contributed by atoms with van der Waals surface area (Å²) in [5.41, 5.74) is 0. The number of fused-ring (bicyclic) bond motifs is 1. The monoisotopic (exact) mass is 279 g/mol. The molecule has 3 rings (SSSR count). The number of nitrogens with zero attached hydrogens (tertiary/aromatic N) is 1. The van der Waals surface area contributed by atoms with Crippen LogP contribution in [0.25, 0.3) is 0 Å². The number of amides is 4. The number of carbonyl (C=O) groups excluding carboxylic acids is 3. The van der Waals surface area contributed by atoms with E-state index in [1.54, 1.807) is 0 Å². The summed E-state index contributed by atoms with van der Waals surface area (Å²) in [6.45, 7) is 2.28. The third-order valence-corrected chi connectivity index (χ3v) is 4.87. The molecular formula is C14H21N3O3. The quantitative estimate of drug-likeness (QED) is 0.726. The third kappa shape index (κ3) is 2.57. The Morgan fingerprint density at radius 3 is 2.40 bits per heavy atom. The van der Waals surface area contributed by atoms with Crippen molar-refractivity contribution in [2.24, 2.45) is 11.8 Å². The number of imide groups is 2. The summed E-state index contributed by atoms with van der Waals surface area (Å²) in [6.07, 6.45) is 6.43. The average molecular weight is 279 g/mol. The third-order valence-electron chi connectivity index (χ3n) is 4.87. The van der Waals surface area contributed by atoms with Crippen LogP contribution in [0.4, 0.5) is 4.79 Å². The summed E-state index contributed by atoms with van der Waals surface area (Å²) in [6, 6.07) is -0.185. The minimum Gasteiger partial charge on any atom is -0.300 e. The predicted octanol–water partition coefficient (Wildman–Crippen LogP) is 0.623. The van der Waals surface area contributed by atoms with E-state index in [0.29, 0.717) is 18.4 Å². The summed E-state index contributed by atoms with van der Waals surface area (Å²) < 4.78 is 0. The Morgan fingerprint density at radius 1 is 0.950 bits per heavy atom. The molecular weight excluding hydrogens is 258 g/mol. The van der Waals surface area contributed by atoms with Gasteiger partial charge in [0.25, 0.3) is 0 Å². The molecule has 3 aliphatic rings. The molecule has 0 aliphatic carbocycles. The lowest BCUT2D eigenvalue weighted by Gasteiger charge is -2.45. The van der Waals surface area contributed by atoms with Crippen LogP contribution in [0, 0.1) is 11.8 Å². The number of barbiturate groups is 1. The van der Waals surface area contributed by atoms with Gasteiger partial charge in [0.2, 0.25) is 11.8 Å². The Balaban J connectivity index is 1.68. The fourth-order valence-electron chi connectivity index (χ4n) is 3.92. The molecule has 110 valence electrons. The van der Waals surface area contributed by atoms with Crippen LogP contribution in [0.1, 0.15) is 38.5 Å². The van der Waals surface area contributed by atoms with Crippen LogP contribution in [0.5, 0.6) is 0 Å². The lowest BCUT2D eigenvalue weighted by atomic mass is 9.78. The highest BCUT2D eigenvalue weighted by Gasteiger charge is 2.40. The number of hydrogen-bond acceptors (Lipinski definition) is 4. The van der Waals surface area contributed by atoms with Crippen LogP contribution in [-0.4, -0.2) is 41.9 Å². The van der Waals surface area contributed by atoms with E-state index in [2.05, 4.69) is 15.5 Å². The largest absolute Gasteiger partial charge is 0.328 e. The molecule has 20 heavy (non-hydrogen) atoms. The Bertz CT molecular complexity index is 415. The van der Waals surface area contributed by atoms with Gasteiger partial charge in [-0.05, 0) is 51.1 Å². The zero-order chi connectivity index (χ0) is 14.1. The van der Waals surface area contributed by atoms with Gasteiger partial charge in [-0.1, -0.05) is 6.42 Å². The van der Waals surface area contributed by atoms with Crippen molar-refractivity contribution in [3.63, 3.8) is 0 Å². The summed E-state index contributed by atoms with van der Waals surface area (Å²) in [4.78, 5) is 37.3. The first-order valence-corrected chi connectivity index (χ1v) is 7.55. The SMILES string of the molecule is O=C1NC(=O)C(CC2CCCN3CCCCC23)C(=O)N1. The second-order valence-electron chi connectivity index (χ2n) is 6.10. The van der Waals surface area contributed by atoms with E-state index in [9.17, 15) is 14.4 Å². The normalized spacial score (nSPS) is 32.5. The van der Waals surface area contributed by atoms with Crippen LogP contribution in [0.2, 0.25) is 0 Å². The van der Waals surface area contributed by atoms with Crippen molar-refractivity contribution in [1.29, 1.82) is 0 Å². The van der Waals surface area contributed by atoms with E-state index in [4.69, 9.17) is 0 Å². The van der Waals surface area contributed by atoms with Crippen molar-refractivity contribution in [3.8, 4) is 0 Å². The van der Waals surface area contributed by atoms with Crippen molar-refractivity contribution in [2.75, 3.05) is 13.1 Å². The second-order valence-corrected chi connectivity index (χ2v) is 6.10. The van der Waals surface area contributed by atoms with Gasteiger partial charge in [-0.15, -0.1) is 0 Å². The van der Waals surface area contributed by atoms with Crippen molar-refractivity contribution in [1.82, 2.24) is 15.5 Å². The minimum absolute atomic E-state index is 0.388. The molecule has 0 bridgehead atoms. The van der Waals surface area contributed by atoms with Crippen LogP contribution in [-0.2, 0) is 9.59 Å². The lowest BCUT2D eigenvalue weighted by molar-refractivity contribution is -0.137. The Labute approximate surface area is 118 Å². The van der Waals surface area contributed by atoms with E-state index in [1.165, 1.54) is 19.3 Å². The van der Waals surface area contributed by atoms with E-state index < -0.39 is 23.8 Å². The average Bonchev–Trinajstić information content (AvgIpc) is 2.43. The lowest BCUT2D eigenvalue weighted by Crippen LogP contribution is -2.57. The molecule has 0 radical (unpaired) electrons. The van der Waals surface area contributed by atoms with Gasteiger partial charge in [-0.3, -0.25) is 20.2 Å². The number of carbonyl (C=O) groups is 3. The summed E-state index contributed by atoms with van der Waals surface area (Å²) in [5.74, 6) is -1.20. The number of rotatable bonds is 2. The van der Waals surface area contributed by atoms with Gasteiger partial charge in [-0.2, -0.15) is 0 Å². The molecule has 3 aliphatic heterocycles. The Morgan fingerprint density at radius 2 is 1.65 bits per heavy atom.